The van der Waals surface area contributed by atoms with Gasteiger partial charge in [-0.1, -0.05) is 42.5 Å². The normalized spacial score (nSPS) is 11.0. The van der Waals surface area contributed by atoms with Gasteiger partial charge in [0, 0.05) is 11.8 Å². The van der Waals surface area contributed by atoms with Gasteiger partial charge in [-0.2, -0.15) is 0 Å². The molecule has 0 unspecified atom stereocenters. The average Bonchev–Trinajstić information content (AvgIpc) is 2.99. The van der Waals surface area contributed by atoms with E-state index in [2.05, 4.69) is 41.2 Å². The van der Waals surface area contributed by atoms with Crippen LogP contribution in [0.15, 0.2) is 73.2 Å². The van der Waals surface area contributed by atoms with Crippen molar-refractivity contribution in [3.05, 3.63) is 78.8 Å². The summed E-state index contributed by atoms with van der Waals surface area (Å²) >= 11 is 0. The summed E-state index contributed by atoms with van der Waals surface area (Å²) in [6.07, 6.45) is 3.77. The van der Waals surface area contributed by atoms with E-state index in [1.165, 1.54) is 11.1 Å². The van der Waals surface area contributed by atoms with Crippen molar-refractivity contribution in [2.45, 2.75) is 6.92 Å². The molecule has 0 N–H and O–H groups in total. The minimum absolute atomic E-state index is 0.894. The summed E-state index contributed by atoms with van der Waals surface area (Å²) in [4.78, 5) is 9.06. The first-order valence-corrected chi connectivity index (χ1v) is 7.27. The van der Waals surface area contributed by atoms with Crippen LogP contribution in [-0.4, -0.2) is 14.5 Å². The predicted octanol–water partition coefficient (Wildman–Crippen LogP) is 4.40. The maximum atomic E-state index is 4.63. The third kappa shape index (κ3) is 2.07. The van der Waals surface area contributed by atoms with Crippen LogP contribution in [0.2, 0.25) is 0 Å². The second-order valence-electron chi connectivity index (χ2n) is 5.33. The number of benzene rings is 2. The van der Waals surface area contributed by atoms with Gasteiger partial charge in [0.05, 0.1) is 11.0 Å². The first kappa shape index (κ1) is 12.8. The van der Waals surface area contributed by atoms with E-state index in [1.807, 2.05) is 53.5 Å². The Kier molecular flexibility index (Phi) is 2.97. The van der Waals surface area contributed by atoms with Crippen molar-refractivity contribution in [3.63, 3.8) is 0 Å². The minimum atomic E-state index is 0.894. The molecule has 0 bridgehead atoms. The highest BCUT2D eigenvalue weighted by molar-refractivity contribution is 5.77. The Hall–Kier alpha value is -2.94. The first-order valence-electron chi connectivity index (χ1n) is 7.27. The van der Waals surface area contributed by atoms with Crippen molar-refractivity contribution in [2.75, 3.05) is 0 Å². The third-order valence-corrected chi connectivity index (χ3v) is 3.88. The predicted molar refractivity (Wildman–Crippen MR) is 89.0 cm³/mol. The van der Waals surface area contributed by atoms with Crippen LogP contribution in [0.4, 0.5) is 0 Å². The number of para-hydroxylation sites is 2. The molecule has 0 atom stereocenters. The van der Waals surface area contributed by atoms with E-state index < -0.39 is 0 Å². The summed E-state index contributed by atoms with van der Waals surface area (Å²) < 4.78 is 2.02. The molecule has 22 heavy (non-hydrogen) atoms. The van der Waals surface area contributed by atoms with Crippen LogP contribution in [0.5, 0.6) is 0 Å². The Morgan fingerprint density at radius 1 is 0.864 bits per heavy atom. The van der Waals surface area contributed by atoms with Crippen molar-refractivity contribution in [2.24, 2.45) is 0 Å². The molecule has 3 nitrogen and oxygen atoms in total. The molecule has 0 amide bonds. The number of hydrogen-bond donors (Lipinski definition) is 0. The summed E-state index contributed by atoms with van der Waals surface area (Å²) in [5.74, 6) is 0.894. The number of aromatic nitrogens is 3. The standard InChI is InChI=1S/C19H15N3/c1-14-11-19(20-12-16(14)15-7-3-2-4-8-15)22-13-21-17-9-5-6-10-18(17)22/h2-13H,1H3. The molecule has 0 aliphatic heterocycles. The van der Waals surface area contributed by atoms with Crippen LogP contribution in [0.3, 0.4) is 0 Å². The molecule has 0 fully saturated rings. The minimum Gasteiger partial charge on any atom is -0.283 e. The zero-order valence-electron chi connectivity index (χ0n) is 12.3. The molecule has 106 valence electrons. The first-order chi connectivity index (χ1) is 10.8. The maximum Gasteiger partial charge on any atom is 0.138 e. The fourth-order valence-electron chi connectivity index (χ4n) is 2.73. The molecule has 0 saturated heterocycles. The highest BCUT2D eigenvalue weighted by Gasteiger charge is 2.08. The van der Waals surface area contributed by atoms with Gasteiger partial charge in [-0.05, 0) is 36.2 Å². The highest BCUT2D eigenvalue weighted by atomic mass is 15.1. The largest absolute Gasteiger partial charge is 0.283 e. The molecular weight excluding hydrogens is 270 g/mol. The Bertz CT molecular complexity index is 939. The molecule has 0 aliphatic carbocycles. The molecule has 4 aromatic rings. The number of hydrogen-bond acceptors (Lipinski definition) is 2. The Morgan fingerprint density at radius 2 is 1.64 bits per heavy atom. The second kappa shape index (κ2) is 5.11. The highest BCUT2D eigenvalue weighted by Crippen LogP contribution is 2.25. The van der Waals surface area contributed by atoms with Gasteiger partial charge in [-0.25, -0.2) is 9.97 Å². The summed E-state index contributed by atoms with van der Waals surface area (Å²) in [5.41, 5.74) is 5.60. The van der Waals surface area contributed by atoms with Crippen molar-refractivity contribution < 1.29 is 0 Å². The lowest BCUT2D eigenvalue weighted by Crippen LogP contribution is -1.97. The van der Waals surface area contributed by atoms with Crippen LogP contribution in [0, 0.1) is 6.92 Å². The molecule has 4 rings (SSSR count). The molecule has 3 heteroatoms. The zero-order valence-corrected chi connectivity index (χ0v) is 12.3. The third-order valence-electron chi connectivity index (χ3n) is 3.88. The fraction of sp³-hybridized carbons (Fsp3) is 0.0526. The lowest BCUT2D eigenvalue weighted by atomic mass is 10.0. The van der Waals surface area contributed by atoms with Crippen LogP contribution in [0.1, 0.15) is 5.56 Å². The van der Waals surface area contributed by atoms with Crippen LogP contribution >= 0.6 is 0 Å². The second-order valence-corrected chi connectivity index (χ2v) is 5.33. The van der Waals surface area contributed by atoms with Gasteiger partial charge < -0.3 is 0 Å². The summed E-state index contributed by atoms with van der Waals surface area (Å²) in [6, 6.07) is 20.5. The molecule has 2 heterocycles. The van der Waals surface area contributed by atoms with Crippen LogP contribution in [0.25, 0.3) is 28.0 Å². The van der Waals surface area contributed by atoms with E-state index in [0.29, 0.717) is 0 Å². The maximum absolute atomic E-state index is 4.63. The number of aryl methyl sites for hydroxylation is 1. The van der Waals surface area contributed by atoms with E-state index in [0.717, 1.165) is 22.4 Å². The van der Waals surface area contributed by atoms with Crippen molar-refractivity contribution in [3.8, 4) is 16.9 Å². The fourth-order valence-corrected chi connectivity index (χ4v) is 2.73. The van der Waals surface area contributed by atoms with E-state index in [-0.39, 0.29) is 0 Å². The summed E-state index contributed by atoms with van der Waals surface area (Å²) in [6.45, 7) is 2.12. The Morgan fingerprint density at radius 3 is 2.45 bits per heavy atom. The number of rotatable bonds is 2. The van der Waals surface area contributed by atoms with Gasteiger partial charge in [0.2, 0.25) is 0 Å². The number of pyridine rings is 1. The van der Waals surface area contributed by atoms with Crippen molar-refractivity contribution >= 4 is 11.0 Å². The number of nitrogens with zero attached hydrogens (tertiary/aromatic N) is 3. The zero-order chi connectivity index (χ0) is 14.9. The Labute approximate surface area is 128 Å². The van der Waals surface area contributed by atoms with Gasteiger partial charge in [-0.3, -0.25) is 4.57 Å². The lowest BCUT2D eigenvalue weighted by molar-refractivity contribution is 1.02. The molecule has 2 aromatic heterocycles. The molecule has 0 aliphatic rings. The van der Waals surface area contributed by atoms with E-state index >= 15 is 0 Å². The summed E-state index contributed by atoms with van der Waals surface area (Å²) in [5, 5.41) is 0. The van der Waals surface area contributed by atoms with Gasteiger partial charge in [0.1, 0.15) is 12.1 Å². The van der Waals surface area contributed by atoms with Gasteiger partial charge in [-0.15, -0.1) is 0 Å². The smallest absolute Gasteiger partial charge is 0.138 e. The quantitative estimate of drug-likeness (QED) is 0.546. The van der Waals surface area contributed by atoms with Gasteiger partial charge >= 0.3 is 0 Å². The molecule has 0 saturated carbocycles. The number of imidazole rings is 1. The summed E-state index contributed by atoms with van der Waals surface area (Å²) in [7, 11) is 0. The van der Waals surface area contributed by atoms with Gasteiger partial charge in [0.15, 0.2) is 0 Å². The molecule has 0 spiro atoms. The van der Waals surface area contributed by atoms with Crippen molar-refractivity contribution in [1.29, 1.82) is 0 Å². The van der Waals surface area contributed by atoms with Crippen LogP contribution < -0.4 is 0 Å². The SMILES string of the molecule is Cc1cc(-n2cnc3ccccc32)ncc1-c1ccccc1. The van der Waals surface area contributed by atoms with E-state index in [4.69, 9.17) is 0 Å². The Balaban J connectivity index is 1.83. The lowest BCUT2D eigenvalue weighted by Gasteiger charge is -2.09. The van der Waals surface area contributed by atoms with Crippen molar-refractivity contribution in [1.82, 2.24) is 14.5 Å². The van der Waals surface area contributed by atoms with Crippen LogP contribution in [-0.2, 0) is 0 Å². The van der Waals surface area contributed by atoms with Gasteiger partial charge in [0.25, 0.3) is 0 Å². The molecular formula is C19H15N3. The van der Waals surface area contributed by atoms with E-state index in [1.54, 1.807) is 0 Å². The molecule has 2 aromatic carbocycles. The van der Waals surface area contributed by atoms with E-state index in [9.17, 15) is 0 Å². The monoisotopic (exact) mass is 285 g/mol. The molecule has 0 radical (unpaired) electrons. The number of fused-ring (bicyclic) bond motifs is 1. The average molecular weight is 285 g/mol. The topological polar surface area (TPSA) is 30.7 Å².